The third-order valence-corrected chi connectivity index (χ3v) is 1.40. The van der Waals surface area contributed by atoms with Crippen molar-refractivity contribution in [2.45, 2.75) is 6.92 Å². The zero-order valence-electron chi connectivity index (χ0n) is 8.91. The van der Waals surface area contributed by atoms with Gasteiger partial charge in [-0.05, 0) is 24.6 Å². The molecule has 0 aliphatic rings. The fourth-order valence-electron chi connectivity index (χ4n) is 0.837. The van der Waals surface area contributed by atoms with Gasteiger partial charge in [-0.1, -0.05) is 12.1 Å². The predicted molar refractivity (Wildman–Crippen MR) is 59.8 cm³/mol. The van der Waals surface area contributed by atoms with Gasteiger partial charge in [0.25, 0.3) is 0 Å². The van der Waals surface area contributed by atoms with Crippen LogP contribution in [0.5, 0.6) is 5.75 Å². The van der Waals surface area contributed by atoms with Gasteiger partial charge in [-0.3, -0.25) is 0 Å². The highest BCUT2D eigenvalue weighted by Crippen LogP contribution is 2.12. The first kappa shape index (κ1) is 14.8. The zero-order valence-corrected chi connectivity index (χ0v) is 9.81. The minimum Gasteiger partial charge on any atom is -0.410 e. The molecule has 0 atom stereocenters. The average molecular weight is 247 g/mol. The van der Waals surface area contributed by atoms with Crippen LogP contribution >= 0.6 is 8.60 Å². The van der Waals surface area contributed by atoms with Gasteiger partial charge < -0.3 is 24.7 Å². The lowest BCUT2D eigenvalue weighted by molar-refractivity contribution is 0.203. The van der Waals surface area contributed by atoms with Gasteiger partial charge >= 0.3 is 14.7 Å². The molecule has 0 radical (unpaired) electrons. The van der Waals surface area contributed by atoms with Crippen LogP contribution in [0.2, 0.25) is 0 Å². The molecule has 7 heteroatoms. The number of carbonyl (C=O) groups is 1. The van der Waals surface area contributed by atoms with E-state index in [1.165, 1.54) is 7.05 Å². The normalized spacial score (nSPS) is 9.12. The molecule has 0 aromatic heterocycles. The van der Waals surface area contributed by atoms with Crippen molar-refractivity contribution >= 4 is 14.7 Å². The van der Waals surface area contributed by atoms with Gasteiger partial charge in [0.1, 0.15) is 5.75 Å². The van der Waals surface area contributed by atoms with E-state index in [4.69, 9.17) is 19.4 Å². The maximum absolute atomic E-state index is 10.8. The van der Waals surface area contributed by atoms with Crippen molar-refractivity contribution in [1.29, 1.82) is 0 Å². The van der Waals surface area contributed by atoms with E-state index in [-0.39, 0.29) is 0 Å². The van der Waals surface area contributed by atoms with E-state index in [0.29, 0.717) is 5.75 Å². The SMILES string of the molecule is CNC(=O)Oc1cccc(C)c1.OP(O)O. The second-order valence-electron chi connectivity index (χ2n) is 2.72. The Balaban J connectivity index is 0.000000487. The smallest absolute Gasteiger partial charge is 0.410 e. The van der Waals surface area contributed by atoms with Crippen molar-refractivity contribution in [1.82, 2.24) is 5.32 Å². The number of carbonyl (C=O) groups excluding carboxylic acids is 1. The molecule has 16 heavy (non-hydrogen) atoms. The molecule has 6 nitrogen and oxygen atoms in total. The summed E-state index contributed by atoms with van der Waals surface area (Å²) in [4.78, 5) is 32.5. The summed E-state index contributed by atoms with van der Waals surface area (Å²) in [5, 5.41) is 2.37. The van der Waals surface area contributed by atoms with E-state index < -0.39 is 14.7 Å². The Morgan fingerprint density at radius 1 is 1.38 bits per heavy atom. The number of hydrogen-bond acceptors (Lipinski definition) is 5. The molecule has 0 bridgehead atoms. The van der Waals surface area contributed by atoms with Gasteiger partial charge in [-0.2, -0.15) is 0 Å². The van der Waals surface area contributed by atoms with E-state index in [0.717, 1.165) is 5.56 Å². The minimum absolute atomic E-state index is 0.444. The number of hydrogen-bond donors (Lipinski definition) is 4. The highest BCUT2D eigenvalue weighted by Gasteiger charge is 1.99. The second-order valence-corrected chi connectivity index (χ2v) is 3.26. The molecular formula is C9H14NO5P. The monoisotopic (exact) mass is 247 g/mol. The van der Waals surface area contributed by atoms with Crippen LogP contribution in [0.25, 0.3) is 0 Å². The largest absolute Gasteiger partial charge is 0.412 e. The van der Waals surface area contributed by atoms with Crippen LogP contribution in [0.15, 0.2) is 24.3 Å². The van der Waals surface area contributed by atoms with Crippen molar-refractivity contribution in [2.24, 2.45) is 0 Å². The van der Waals surface area contributed by atoms with Crippen LogP contribution in [0.3, 0.4) is 0 Å². The van der Waals surface area contributed by atoms with Gasteiger partial charge in [0, 0.05) is 7.05 Å². The van der Waals surface area contributed by atoms with Crippen molar-refractivity contribution in [3.8, 4) is 5.75 Å². The number of amides is 1. The Kier molecular flexibility index (Phi) is 7.41. The zero-order chi connectivity index (χ0) is 12.6. The molecule has 0 heterocycles. The first-order chi connectivity index (χ1) is 7.45. The summed E-state index contributed by atoms with van der Waals surface area (Å²) in [6, 6.07) is 7.32. The van der Waals surface area contributed by atoms with Crippen molar-refractivity contribution in [3.63, 3.8) is 0 Å². The van der Waals surface area contributed by atoms with E-state index in [1.807, 2.05) is 19.1 Å². The van der Waals surface area contributed by atoms with E-state index >= 15 is 0 Å². The van der Waals surface area contributed by atoms with Gasteiger partial charge in [-0.15, -0.1) is 0 Å². The molecule has 4 N–H and O–H groups in total. The van der Waals surface area contributed by atoms with Crippen molar-refractivity contribution < 1.29 is 24.2 Å². The molecule has 0 aliphatic carbocycles. The Morgan fingerprint density at radius 3 is 2.38 bits per heavy atom. The predicted octanol–water partition coefficient (Wildman–Crippen LogP) is 0.903. The van der Waals surface area contributed by atoms with Crippen molar-refractivity contribution in [2.75, 3.05) is 7.05 Å². The average Bonchev–Trinajstić information content (AvgIpc) is 2.16. The van der Waals surface area contributed by atoms with Gasteiger partial charge in [0.05, 0.1) is 0 Å². The highest BCUT2D eigenvalue weighted by atomic mass is 31.2. The summed E-state index contributed by atoms with van der Waals surface area (Å²) in [5.41, 5.74) is 1.07. The molecule has 0 saturated carbocycles. The number of ether oxygens (including phenoxy) is 1. The summed E-state index contributed by atoms with van der Waals surface area (Å²) in [6.45, 7) is 1.94. The van der Waals surface area contributed by atoms with E-state index in [9.17, 15) is 4.79 Å². The maximum atomic E-state index is 10.8. The lowest BCUT2D eigenvalue weighted by Crippen LogP contribution is -2.21. The molecule has 0 aliphatic heterocycles. The molecule has 1 amide bonds. The molecule has 0 unspecified atom stereocenters. The molecule has 1 aromatic carbocycles. The van der Waals surface area contributed by atoms with Crippen LogP contribution < -0.4 is 10.1 Å². The van der Waals surface area contributed by atoms with Gasteiger partial charge in [0.15, 0.2) is 0 Å². The van der Waals surface area contributed by atoms with E-state index in [1.54, 1.807) is 12.1 Å². The fourth-order valence-corrected chi connectivity index (χ4v) is 0.837. The summed E-state index contributed by atoms with van der Waals surface area (Å²) in [5.74, 6) is 0.564. The first-order valence-electron chi connectivity index (χ1n) is 4.28. The lowest BCUT2D eigenvalue weighted by Gasteiger charge is -2.02. The standard InChI is InChI=1S/C9H11NO2.H3O3P/c1-7-4-3-5-8(6-7)12-9(11)10-2;1-4(2)3/h3-6H,1-2H3,(H,10,11);1-3H. The first-order valence-corrected chi connectivity index (χ1v) is 5.48. The lowest BCUT2D eigenvalue weighted by atomic mass is 10.2. The number of rotatable bonds is 1. The van der Waals surface area contributed by atoms with Crippen molar-refractivity contribution in [3.05, 3.63) is 29.8 Å². The third-order valence-electron chi connectivity index (χ3n) is 1.40. The minimum atomic E-state index is -2.62. The Morgan fingerprint density at radius 2 is 1.94 bits per heavy atom. The second kappa shape index (κ2) is 8.01. The van der Waals surface area contributed by atoms with E-state index in [2.05, 4.69) is 5.32 Å². The molecule has 1 aromatic rings. The molecule has 0 spiro atoms. The molecular weight excluding hydrogens is 233 g/mol. The van der Waals surface area contributed by atoms with Gasteiger partial charge in [0.2, 0.25) is 0 Å². The molecule has 90 valence electrons. The highest BCUT2D eigenvalue weighted by molar-refractivity contribution is 7.38. The molecule has 0 fully saturated rings. The third kappa shape index (κ3) is 8.14. The van der Waals surface area contributed by atoms with Crippen LogP contribution in [0.4, 0.5) is 4.79 Å². The maximum Gasteiger partial charge on any atom is 0.412 e. The quantitative estimate of drug-likeness (QED) is 0.553. The van der Waals surface area contributed by atoms with Crippen LogP contribution in [-0.4, -0.2) is 27.8 Å². The topological polar surface area (TPSA) is 99.0 Å². The van der Waals surface area contributed by atoms with Crippen LogP contribution in [0.1, 0.15) is 5.56 Å². The summed E-state index contributed by atoms with van der Waals surface area (Å²) >= 11 is 0. The fraction of sp³-hybridized carbons (Fsp3) is 0.222. The molecule has 1 rings (SSSR count). The summed E-state index contributed by atoms with van der Waals surface area (Å²) < 4.78 is 4.89. The van der Waals surface area contributed by atoms with Crippen LogP contribution in [0, 0.1) is 6.92 Å². The van der Waals surface area contributed by atoms with Gasteiger partial charge in [-0.25, -0.2) is 4.79 Å². The number of benzene rings is 1. The number of nitrogens with one attached hydrogen (secondary N) is 1. The Bertz CT molecular complexity index is 329. The summed E-state index contributed by atoms with van der Waals surface area (Å²) in [6.07, 6.45) is -0.444. The van der Waals surface area contributed by atoms with Crippen LogP contribution in [-0.2, 0) is 0 Å². The molecule has 0 saturated heterocycles. The Hall–Kier alpha value is -1.20. The number of aryl methyl sites for hydroxylation is 1. The summed E-state index contributed by atoms with van der Waals surface area (Å²) in [7, 11) is -1.09. The Labute approximate surface area is 94.5 Å².